The number of halogens is 2. The molecule has 5 nitrogen and oxygen atoms in total. The van der Waals surface area contributed by atoms with Crippen LogP contribution < -0.4 is 0 Å². The van der Waals surface area contributed by atoms with E-state index in [0.717, 1.165) is 11.1 Å². The van der Waals surface area contributed by atoms with Crippen molar-refractivity contribution in [1.82, 2.24) is 19.7 Å². The van der Waals surface area contributed by atoms with Crippen LogP contribution >= 0.6 is 0 Å². The molecule has 0 atom stereocenters. The van der Waals surface area contributed by atoms with Crippen molar-refractivity contribution in [3.63, 3.8) is 0 Å². The fraction of sp³-hybridized carbons (Fsp3) is 0.240. The maximum atomic E-state index is 13.6. The summed E-state index contributed by atoms with van der Waals surface area (Å²) in [6.45, 7) is 4.11. The lowest BCUT2D eigenvalue weighted by molar-refractivity contribution is -0.133. The van der Waals surface area contributed by atoms with E-state index in [9.17, 15) is 13.6 Å². The van der Waals surface area contributed by atoms with E-state index in [1.807, 2.05) is 60.7 Å². The van der Waals surface area contributed by atoms with E-state index in [1.54, 1.807) is 18.7 Å². The summed E-state index contributed by atoms with van der Waals surface area (Å²) in [6, 6.07) is 20.9. The first-order valence-electron chi connectivity index (χ1n) is 10.4. The molecule has 1 amide bonds. The zero-order valence-electron chi connectivity index (χ0n) is 18.0. The number of aromatic nitrogens is 3. The number of carbonyl (C=O) groups is 1. The fourth-order valence-corrected chi connectivity index (χ4v) is 3.87. The Hall–Kier alpha value is -3.61. The highest BCUT2D eigenvalue weighted by atomic mass is 19.3. The summed E-state index contributed by atoms with van der Waals surface area (Å²) in [5.41, 5.74) is 3.12. The predicted octanol–water partition coefficient (Wildman–Crippen LogP) is 5.21. The third-order valence-electron chi connectivity index (χ3n) is 5.34. The van der Waals surface area contributed by atoms with Gasteiger partial charge in [0.25, 0.3) is 6.43 Å². The normalized spacial score (nSPS) is 11.3. The summed E-state index contributed by atoms with van der Waals surface area (Å²) in [7, 11) is 0. The lowest BCUT2D eigenvalue weighted by Gasteiger charge is -2.23. The average Bonchev–Trinajstić information content (AvgIpc) is 3.08. The molecule has 0 N–H and O–H groups in total. The summed E-state index contributed by atoms with van der Waals surface area (Å²) in [5.74, 6) is -0.163. The molecule has 0 aliphatic heterocycles. The van der Waals surface area contributed by atoms with Crippen LogP contribution in [0.5, 0.6) is 0 Å². The van der Waals surface area contributed by atoms with E-state index in [4.69, 9.17) is 0 Å². The summed E-state index contributed by atoms with van der Waals surface area (Å²) >= 11 is 0. The zero-order valence-corrected chi connectivity index (χ0v) is 18.0. The Bertz CT molecular complexity index is 1180. The minimum Gasteiger partial charge on any atom is -0.332 e. The number of benzene rings is 2. The van der Waals surface area contributed by atoms with Gasteiger partial charge in [0.05, 0.1) is 11.1 Å². The van der Waals surface area contributed by atoms with Gasteiger partial charge in [-0.15, -0.1) is 0 Å². The molecule has 164 valence electrons. The van der Waals surface area contributed by atoms with Crippen molar-refractivity contribution in [1.29, 1.82) is 0 Å². The maximum absolute atomic E-state index is 13.6. The van der Waals surface area contributed by atoms with E-state index in [2.05, 4.69) is 10.1 Å². The van der Waals surface area contributed by atoms with Crippen LogP contribution in [0, 0.1) is 13.8 Å². The number of rotatable bonds is 7. The van der Waals surface area contributed by atoms with Crippen molar-refractivity contribution < 1.29 is 13.6 Å². The summed E-state index contributed by atoms with van der Waals surface area (Å²) in [4.78, 5) is 19.5. The molecule has 2 aromatic heterocycles. The molecule has 7 heteroatoms. The second-order valence-corrected chi connectivity index (χ2v) is 7.82. The topological polar surface area (TPSA) is 51.0 Å². The largest absolute Gasteiger partial charge is 0.332 e. The fourth-order valence-electron chi connectivity index (χ4n) is 3.87. The van der Waals surface area contributed by atoms with Crippen molar-refractivity contribution in [2.75, 3.05) is 0 Å². The molecule has 0 aliphatic carbocycles. The summed E-state index contributed by atoms with van der Waals surface area (Å²) in [5, 5.41) is 4.70. The second kappa shape index (κ2) is 9.26. The van der Waals surface area contributed by atoms with Crippen LogP contribution in [-0.2, 0) is 24.4 Å². The van der Waals surface area contributed by atoms with Gasteiger partial charge >= 0.3 is 0 Å². The van der Waals surface area contributed by atoms with E-state index in [-0.39, 0.29) is 18.0 Å². The third kappa shape index (κ3) is 4.66. The molecule has 0 radical (unpaired) electrons. The molecule has 2 heterocycles. The van der Waals surface area contributed by atoms with Gasteiger partial charge in [-0.2, -0.15) is 5.10 Å². The molecule has 32 heavy (non-hydrogen) atoms. The van der Waals surface area contributed by atoms with Gasteiger partial charge in [-0.1, -0.05) is 60.7 Å². The van der Waals surface area contributed by atoms with Crippen molar-refractivity contribution >= 4 is 16.9 Å². The van der Waals surface area contributed by atoms with Crippen molar-refractivity contribution in [3.05, 3.63) is 94.8 Å². The average molecular weight is 434 g/mol. The molecule has 0 saturated carbocycles. The zero-order chi connectivity index (χ0) is 22.7. The molecule has 4 aromatic rings. The minimum atomic E-state index is -2.64. The Morgan fingerprint density at radius 1 is 0.969 bits per heavy atom. The smallest absolute Gasteiger partial charge is 0.264 e. The van der Waals surface area contributed by atoms with Crippen molar-refractivity contribution in [2.45, 2.75) is 39.9 Å². The minimum absolute atomic E-state index is 0.0802. The van der Waals surface area contributed by atoms with E-state index in [0.29, 0.717) is 35.5 Å². The Kier molecular flexibility index (Phi) is 6.25. The van der Waals surface area contributed by atoms with Crippen LogP contribution in [0.25, 0.3) is 11.0 Å². The van der Waals surface area contributed by atoms with Crippen LogP contribution in [0.2, 0.25) is 0 Å². The molecular formula is C25H24F2N4O. The number of hydrogen-bond acceptors (Lipinski definition) is 3. The molecule has 0 aliphatic rings. The number of hydrogen-bond donors (Lipinski definition) is 0. The maximum Gasteiger partial charge on any atom is 0.264 e. The van der Waals surface area contributed by atoms with E-state index in [1.165, 1.54) is 10.7 Å². The number of nitrogens with zero attached hydrogens (tertiary/aromatic N) is 4. The molecule has 0 fully saturated rings. The summed E-state index contributed by atoms with van der Waals surface area (Å²) in [6.07, 6.45) is -2.64. The standard InChI is InChI=1S/C25H24F2N4O/c1-17-13-21(24(26)27)23-18(2)29-31(25(23)28-17)16-22(32)30(14-19-9-5-3-6-10-19)15-20-11-7-4-8-12-20/h3-13,24H,14-16H2,1-2H3. The molecular weight excluding hydrogens is 410 g/mol. The quantitative estimate of drug-likeness (QED) is 0.401. The highest BCUT2D eigenvalue weighted by molar-refractivity contribution is 5.84. The molecule has 2 aromatic carbocycles. The SMILES string of the molecule is Cc1cc(C(F)F)c2c(C)nn(CC(=O)N(Cc3ccccc3)Cc3ccccc3)c2n1. The van der Waals surface area contributed by atoms with Crippen LogP contribution in [0.15, 0.2) is 66.7 Å². The van der Waals surface area contributed by atoms with E-state index < -0.39 is 6.43 Å². The van der Waals surface area contributed by atoms with Gasteiger partial charge in [0.1, 0.15) is 6.54 Å². The van der Waals surface area contributed by atoms with Gasteiger partial charge in [-0.25, -0.2) is 18.4 Å². The molecule has 4 rings (SSSR count). The molecule has 0 saturated heterocycles. The monoisotopic (exact) mass is 434 g/mol. The molecule has 0 bridgehead atoms. The number of amides is 1. The van der Waals surface area contributed by atoms with Gasteiger partial charge < -0.3 is 4.90 Å². The third-order valence-corrected chi connectivity index (χ3v) is 5.34. The Balaban J connectivity index is 1.66. The first-order valence-corrected chi connectivity index (χ1v) is 10.4. The first-order chi connectivity index (χ1) is 15.4. The molecule has 0 spiro atoms. The Morgan fingerprint density at radius 2 is 1.53 bits per heavy atom. The Labute approximate surface area is 185 Å². The van der Waals surface area contributed by atoms with E-state index >= 15 is 0 Å². The van der Waals surface area contributed by atoms with Gasteiger partial charge in [0, 0.05) is 24.3 Å². The van der Waals surface area contributed by atoms with Crippen molar-refractivity contribution in [2.24, 2.45) is 0 Å². The van der Waals surface area contributed by atoms with Gasteiger partial charge in [-0.05, 0) is 31.0 Å². The number of aryl methyl sites for hydroxylation is 2. The second-order valence-electron chi connectivity index (χ2n) is 7.82. The van der Waals surface area contributed by atoms with Gasteiger partial charge in [0.2, 0.25) is 5.91 Å². The van der Waals surface area contributed by atoms with Crippen LogP contribution in [0.4, 0.5) is 8.78 Å². The lowest BCUT2D eigenvalue weighted by Crippen LogP contribution is -2.33. The summed E-state index contributed by atoms with van der Waals surface area (Å²) < 4.78 is 28.6. The number of alkyl halides is 2. The highest BCUT2D eigenvalue weighted by Crippen LogP contribution is 2.30. The van der Waals surface area contributed by atoms with Gasteiger partial charge in [-0.3, -0.25) is 4.79 Å². The highest BCUT2D eigenvalue weighted by Gasteiger charge is 2.22. The van der Waals surface area contributed by atoms with Crippen LogP contribution in [0.1, 0.15) is 34.5 Å². The number of pyridine rings is 1. The van der Waals surface area contributed by atoms with Gasteiger partial charge in [0.15, 0.2) is 5.65 Å². The lowest BCUT2D eigenvalue weighted by atomic mass is 10.1. The number of carbonyl (C=O) groups excluding carboxylic acids is 1. The number of fused-ring (bicyclic) bond motifs is 1. The van der Waals surface area contributed by atoms with Crippen molar-refractivity contribution in [3.8, 4) is 0 Å². The first kappa shape index (κ1) is 21.6. The van der Waals surface area contributed by atoms with Crippen LogP contribution in [-0.4, -0.2) is 25.6 Å². The Morgan fingerprint density at radius 3 is 2.06 bits per heavy atom. The molecule has 0 unspecified atom stereocenters. The predicted molar refractivity (Wildman–Crippen MR) is 119 cm³/mol. The van der Waals surface area contributed by atoms with Crippen LogP contribution in [0.3, 0.4) is 0 Å².